The molecule has 1 aliphatic carbocycles. The number of anilines is 1. The lowest BCUT2D eigenvalue weighted by molar-refractivity contribution is 0.247. The van der Waals surface area contributed by atoms with Crippen molar-refractivity contribution in [1.82, 2.24) is 9.88 Å². The van der Waals surface area contributed by atoms with E-state index in [1.807, 2.05) is 19.1 Å². The second kappa shape index (κ2) is 6.91. The van der Waals surface area contributed by atoms with Crippen molar-refractivity contribution in [3.8, 4) is 0 Å². The van der Waals surface area contributed by atoms with Crippen molar-refractivity contribution in [2.24, 2.45) is 5.92 Å². The molecular formula is C19H23N3O2. The summed E-state index contributed by atoms with van der Waals surface area (Å²) in [6.45, 7) is 4.54. The van der Waals surface area contributed by atoms with Gasteiger partial charge in [0.15, 0.2) is 0 Å². The van der Waals surface area contributed by atoms with Gasteiger partial charge < -0.3 is 15.2 Å². The van der Waals surface area contributed by atoms with E-state index in [0.717, 1.165) is 12.8 Å². The summed E-state index contributed by atoms with van der Waals surface area (Å²) >= 11 is 0. The van der Waals surface area contributed by atoms with E-state index in [1.165, 1.54) is 17.2 Å². The minimum Gasteiger partial charge on any atom is -0.331 e. The molecule has 1 fully saturated rings. The zero-order valence-corrected chi connectivity index (χ0v) is 14.1. The lowest BCUT2D eigenvalue weighted by atomic mass is 9.98. The molecule has 24 heavy (non-hydrogen) atoms. The molecule has 0 spiro atoms. The number of urea groups is 1. The van der Waals surface area contributed by atoms with Gasteiger partial charge >= 0.3 is 6.03 Å². The van der Waals surface area contributed by atoms with E-state index in [4.69, 9.17) is 0 Å². The second-order valence-electron chi connectivity index (χ2n) is 6.31. The highest BCUT2D eigenvalue weighted by Crippen LogP contribution is 2.41. The fraction of sp³-hybridized carbons (Fsp3) is 0.368. The van der Waals surface area contributed by atoms with Gasteiger partial charge in [0.2, 0.25) is 0 Å². The predicted octanol–water partition coefficient (Wildman–Crippen LogP) is 3.45. The zero-order chi connectivity index (χ0) is 17.1. The molecule has 1 aliphatic rings. The number of benzene rings is 1. The molecule has 2 amide bonds. The molecule has 3 rings (SSSR count). The maximum Gasteiger partial charge on any atom is 0.319 e. The molecule has 1 unspecified atom stereocenters. The van der Waals surface area contributed by atoms with E-state index in [2.05, 4.69) is 29.7 Å². The third-order valence-corrected chi connectivity index (χ3v) is 4.49. The smallest absolute Gasteiger partial charge is 0.319 e. The average molecular weight is 325 g/mol. The Hall–Kier alpha value is -2.56. The molecule has 1 saturated carbocycles. The van der Waals surface area contributed by atoms with Crippen LogP contribution in [-0.4, -0.2) is 10.6 Å². The van der Waals surface area contributed by atoms with Gasteiger partial charge in [-0.05, 0) is 49.8 Å². The van der Waals surface area contributed by atoms with E-state index in [9.17, 15) is 9.59 Å². The summed E-state index contributed by atoms with van der Waals surface area (Å²) in [5.41, 5.74) is 2.91. The van der Waals surface area contributed by atoms with Crippen LogP contribution in [0.4, 0.5) is 10.5 Å². The monoisotopic (exact) mass is 325 g/mol. The van der Waals surface area contributed by atoms with Crippen LogP contribution in [0.2, 0.25) is 0 Å². The summed E-state index contributed by atoms with van der Waals surface area (Å²) in [5, 5.41) is 5.94. The molecule has 0 radical (unpaired) electrons. The van der Waals surface area contributed by atoms with Gasteiger partial charge in [-0.15, -0.1) is 0 Å². The predicted molar refractivity (Wildman–Crippen MR) is 95.2 cm³/mol. The fourth-order valence-corrected chi connectivity index (χ4v) is 2.98. The molecule has 2 aromatic rings. The SMILES string of the molecule is CCn1cc(NC(=O)NC(c2ccccc2C)C2CC2)ccc1=O. The quantitative estimate of drug-likeness (QED) is 0.884. The summed E-state index contributed by atoms with van der Waals surface area (Å²) in [4.78, 5) is 24.0. The van der Waals surface area contributed by atoms with Gasteiger partial charge in [-0.1, -0.05) is 24.3 Å². The number of nitrogens with zero attached hydrogens (tertiary/aromatic N) is 1. The Morgan fingerprint density at radius 2 is 2.00 bits per heavy atom. The standard InChI is InChI=1S/C19H23N3O2/c1-3-22-12-15(10-11-17(22)23)20-19(24)21-18(14-8-9-14)16-7-5-4-6-13(16)2/h4-7,10-12,14,18H,3,8-9H2,1-2H3,(H2,20,21,24). The number of hydrogen-bond acceptors (Lipinski definition) is 2. The molecule has 1 heterocycles. The maximum atomic E-state index is 12.4. The number of rotatable bonds is 5. The van der Waals surface area contributed by atoms with Gasteiger partial charge in [0.05, 0.1) is 11.7 Å². The number of nitrogens with one attached hydrogen (secondary N) is 2. The van der Waals surface area contributed by atoms with Crippen LogP contribution in [0.3, 0.4) is 0 Å². The second-order valence-corrected chi connectivity index (χ2v) is 6.31. The van der Waals surface area contributed by atoms with Crippen molar-refractivity contribution in [2.45, 2.75) is 39.3 Å². The highest BCUT2D eigenvalue weighted by molar-refractivity contribution is 5.89. The van der Waals surface area contributed by atoms with Crippen molar-refractivity contribution in [3.05, 3.63) is 64.1 Å². The van der Waals surface area contributed by atoms with Crippen molar-refractivity contribution in [2.75, 3.05) is 5.32 Å². The van der Waals surface area contributed by atoms with Crippen LogP contribution in [0.15, 0.2) is 47.4 Å². The summed E-state index contributed by atoms with van der Waals surface area (Å²) < 4.78 is 1.56. The van der Waals surface area contributed by atoms with E-state index in [1.54, 1.807) is 16.8 Å². The fourth-order valence-electron chi connectivity index (χ4n) is 2.98. The molecule has 126 valence electrons. The molecule has 2 N–H and O–H groups in total. The first-order chi connectivity index (χ1) is 11.6. The molecule has 1 aromatic carbocycles. The van der Waals surface area contributed by atoms with Crippen LogP contribution in [0.1, 0.15) is 36.9 Å². The number of aryl methyl sites for hydroxylation is 2. The lowest BCUT2D eigenvalue weighted by Gasteiger charge is -2.21. The average Bonchev–Trinajstić information content (AvgIpc) is 3.40. The Kier molecular flexibility index (Phi) is 4.69. The number of amides is 2. The molecule has 1 aromatic heterocycles. The van der Waals surface area contributed by atoms with E-state index >= 15 is 0 Å². The molecule has 1 atom stereocenters. The maximum absolute atomic E-state index is 12.4. The number of carbonyl (C=O) groups excluding carboxylic acids is 1. The summed E-state index contributed by atoms with van der Waals surface area (Å²) in [6, 6.07) is 11.1. The molecule has 0 bridgehead atoms. The highest BCUT2D eigenvalue weighted by Gasteiger charge is 2.34. The van der Waals surface area contributed by atoms with Crippen LogP contribution in [0.5, 0.6) is 0 Å². The van der Waals surface area contributed by atoms with Crippen LogP contribution >= 0.6 is 0 Å². The summed E-state index contributed by atoms with van der Waals surface area (Å²) in [5.74, 6) is 0.501. The first-order valence-electron chi connectivity index (χ1n) is 8.42. The Labute approximate surface area is 141 Å². The topological polar surface area (TPSA) is 63.1 Å². The van der Waals surface area contributed by atoms with Crippen molar-refractivity contribution >= 4 is 11.7 Å². The Morgan fingerprint density at radius 1 is 1.25 bits per heavy atom. The van der Waals surface area contributed by atoms with Crippen LogP contribution in [-0.2, 0) is 6.54 Å². The number of carbonyl (C=O) groups is 1. The minimum absolute atomic E-state index is 0.0308. The summed E-state index contributed by atoms with van der Waals surface area (Å²) in [6.07, 6.45) is 3.95. The van der Waals surface area contributed by atoms with Crippen molar-refractivity contribution in [1.29, 1.82) is 0 Å². The third-order valence-electron chi connectivity index (χ3n) is 4.49. The van der Waals surface area contributed by atoms with E-state index < -0.39 is 0 Å². The molecule has 0 aliphatic heterocycles. The normalized spacial score (nSPS) is 14.9. The Bertz CT molecular complexity index is 793. The van der Waals surface area contributed by atoms with Gasteiger partial charge in [0.1, 0.15) is 0 Å². The lowest BCUT2D eigenvalue weighted by Crippen LogP contribution is -2.34. The van der Waals surface area contributed by atoms with Gasteiger partial charge in [-0.3, -0.25) is 4.79 Å². The molecular weight excluding hydrogens is 302 g/mol. The minimum atomic E-state index is -0.239. The Balaban J connectivity index is 1.73. The molecule has 5 nitrogen and oxygen atoms in total. The number of hydrogen-bond donors (Lipinski definition) is 2. The first-order valence-corrected chi connectivity index (χ1v) is 8.42. The summed E-state index contributed by atoms with van der Waals surface area (Å²) in [7, 11) is 0. The largest absolute Gasteiger partial charge is 0.331 e. The van der Waals surface area contributed by atoms with Gasteiger partial charge in [0, 0.05) is 18.8 Å². The van der Waals surface area contributed by atoms with E-state index in [0.29, 0.717) is 18.2 Å². The third kappa shape index (κ3) is 3.67. The van der Waals surface area contributed by atoms with Gasteiger partial charge in [-0.2, -0.15) is 0 Å². The molecule has 5 heteroatoms. The van der Waals surface area contributed by atoms with Crippen molar-refractivity contribution in [3.63, 3.8) is 0 Å². The molecule has 0 saturated heterocycles. The van der Waals surface area contributed by atoms with E-state index in [-0.39, 0.29) is 17.6 Å². The Morgan fingerprint density at radius 3 is 2.67 bits per heavy atom. The highest BCUT2D eigenvalue weighted by atomic mass is 16.2. The number of pyridine rings is 1. The van der Waals surface area contributed by atoms with Crippen molar-refractivity contribution < 1.29 is 4.79 Å². The van der Waals surface area contributed by atoms with Crippen LogP contribution in [0, 0.1) is 12.8 Å². The van der Waals surface area contributed by atoms with Gasteiger partial charge in [-0.25, -0.2) is 4.79 Å². The number of aromatic nitrogens is 1. The zero-order valence-electron chi connectivity index (χ0n) is 14.1. The first kappa shape index (κ1) is 16.3. The van der Waals surface area contributed by atoms with Gasteiger partial charge in [0.25, 0.3) is 5.56 Å². The van der Waals surface area contributed by atoms with Crippen LogP contribution in [0.25, 0.3) is 0 Å². The van der Waals surface area contributed by atoms with Crippen LogP contribution < -0.4 is 16.2 Å².